The molecule has 0 atom stereocenters. The van der Waals surface area contributed by atoms with Gasteiger partial charge in [0.1, 0.15) is 5.75 Å². The molecule has 6 nitrogen and oxygen atoms in total. The van der Waals surface area contributed by atoms with Crippen LogP contribution in [0.25, 0.3) is 0 Å². The number of nitrogens with zero attached hydrogens (tertiary/aromatic N) is 2. The first-order valence-electron chi connectivity index (χ1n) is 10.8. The molecule has 3 rings (SSSR count). The molecular weight excluding hydrogens is 376 g/mol. The highest BCUT2D eigenvalue weighted by Crippen LogP contribution is 2.26. The number of anilines is 2. The van der Waals surface area contributed by atoms with E-state index >= 15 is 0 Å². The predicted molar refractivity (Wildman–Crippen MR) is 124 cm³/mol. The molecule has 0 radical (unpaired) electrons. The van der Waals surface area contributed by atoms with Crippen molar-refractivity contribution in [1.29, 1.82) is 0 Å². The maximum absolute atomic E-state index is 11.2. The topological polar surface area (TPSA) is 70.8 Å². The maximum atomic E-state index is 11.2. The first-order valence-corrected chi connectivity index (χ1v) is 10.8. The van der Waals surface area contributed by atoms with Gasteiger partial charge in [-0.3, -0.25) is 4.90 Å². The lowest BCUT2D eigenvalue weighted by molar-refractivity contribution is 0.252. The Morgan fingerprint density at radius 2 is 1.83 bits per heavy atom. The molecule has 6 heteroatoms. The molecule has 2 amide bonds. The fourth-order valence-electron chi connectivity index (χ4n) is 4.11. The van der Waals surface area contributed by atoms with Crippen molar-refractivity contribution >= 4 is 17.4 Å². The van der Waals surface area contributed by atoms with Crippen molar-refractivity contribution in [3.05, 3.63) is 53.6 Å². The van der Waals surface area contributed by atoms with Gasteiger partial charge in [0.15, 0.2) is 0 Å². The standard InChI is InChI=1S/C24H34N4O2/c1-19-8-5-6-10-22(19)28-16-14-27(15-17-28)13-7-3-4-9-20-11-12-23(30-2)21(18-20)26-24(25)29/h5-6,8,10-12,18H,3-4,7,9,13-17H2,1-2H3,(H3,25,26,29). The number of hydrogen-bond donors (Lipinski definition) is 2. The molecule has 1 fully saturated rings. The number of rotatable bonds is 9. The number of carbonyl (C=O) groups excluding carboxylic acids is 1. The first-order chi connectivity index (χ1) is 14.6. The van der Waals surface area contributed by atoms with Crippen LogP contribution in [0, 0.1) is 6.92 Å². The Kier molecular flexibility index (Phi) is 7.97. The molecule has 0 unspecified atom stereocenters. The van der Waals surface area contributed by atoms with E-state index < -0.39 is 6.03 Å². The summed E-state index contributed by atoms with van der Waals surface area (Å²) < 4.78 is 5.27. The number of para-hydroxylation sites is 1. The van der Waals surface area contributed by atoms with E-state index in [-0.39, 0.29) is 0 Å². The van der Waals surface area contributed by atoms with Gasteiger partial charge in [-0.25, -0.2) is 4.79 Å². The van der Waals surface area contributed by atoms with Gasteiger partial charge in [0.2, 0.25) is 0 Å². The van der Waals surface area contributed by atoms with Crippen LogP contribution in [0.15, 0.2) is 42.5 Å². The van der Waals surface area contributed by atoms with Gasteiger partial charge in [0.25, 0.3) is 0 Å². The highest BCUT2D eigenvalue weighted by Gasteiger charge is 2.17. The van der Waals surface area contributed by atoms with Crippen molar-refractivity contribution in [2.45, 2.75) is 32.6 Å². The summed E-state index contributed by atoms with van der Waals surface area (Å²) >= 11 is 0. The van der Waals surface area contributed by atoms with Gasteiger partial charge < -0.3 is 20.7 Å². The summed E-state index contributed by atoms with van der Waals surface area (Å²) in [6, 6.07) is 14.0. The molecule has 0 saturated carbocycles. The molecule has 1 heterocycles. The minimum absolute atomic E-state index is 0.576. The monoisotopic (exact) mass is 410 g/mol. The zero-order valence-corrected chi connectivity index (χ0v) is 18.2. The molecule has 162 valence electrons. The number of nitrogens with one attached hydrogen (secondary N) is 1. The number of hydrogen-bond acceptors (Lipinski definition) is 4. The van der Waals surface area contributed by atoms with E-state index in [1.807, 2.05) is 12.1 Å². The van der Waals surface area contributed by atoms with E-state index in [4.69, 9.17) is 10.5 Å². The number of methoxy groups -OCH3 is 1. The van der Waals surface area contributed by atoms with Gasteiger partial charge in [-0.05, 0) is 62.1 Å². The number of urea groups is 1. The van der Waals surface area contributed by atoms with E-state index in [2.05, 4.69) is 52.4 Å². The van der Waals surface area contributed by atoms with Crippen molar-refractivity contribution < 1.29 is 9.53 Å². The first kappa shape index (κ1) is 22.0. The van der Waals surface area contributed by atoms with Crippen LogP contribution in [0.5, 0.6) is 5.75 Å². The number of nitrogens with two attached hydrogens (primary N) is 1. The second-order valence-corrected chi connectivity index (χ2v) is 7.95. The zero-order chi connectivity index (χ0) is 21.3. The molecule has 0 aromatic heterocycles. The van der Waals surface area contributed by atoms with Gasteiger partial charge in [-0.1, -0.05) is 30.7 Å². The summed E-state index contributed by atoms with van der Waals surface area (Å²) in [4.78, 5) is 16.3. The van der Waals surface area contributed by atoms with Crippen LogP contribution in [0.1, 0.15) is 30.4 Å². The Bertz CT molecular complexity index is 832. The summed E-state index contributed by atoms with van der Waals surface area (Å²) in [5, 5.41) is 2.63. The Morgan fingerprint density at radius 1 is 1.07 bits per heavy atom. The third-order valence-electron chi connectivity index (χ3n) is 5.79. The van der Waals surface area contributed by atoms with Gasteiger partial charge in [0.05, 0.1) is 12.8 Å². The second kappa shape index (κ2) is 10.9. The van der Waals surface area contributed by atoms with Crippen molar-refractivity contribution in [3.63, 3.8) is 0 Å². The Hall–Kier alpha value is -2.73. The minimum atomic E-state index is -0.576. The number of aryl methyl sites for hydroxylation is 2. The molecular formula is C24H34N4O2. The van der Waals surface area contributed by atoms with Crippen LogP contribution in [-0.2, 0) is 6.42 Å². The van der Waals surface area contributed by atoms with Crippen LogP contribution in [-0.4, -0.2) is 50.8 Å². The predicted octanol–water partition coefficient (Wildman–Crippen LogP) is 4.03. The molecule has 1 saturated heterocycles. The normalized spacial score (nSPS) is 14.5. The molecule has 1 aliphatic rings. The summed E-state index contributed by atoms with van der Waals surface area (Å²) in [5.74, 6) is 0.627. The number of carbonyl (C=O) groups is 1. The molecule has 0 aliphatic carbocycles. The Labute approximate surface area is 180 Å². The van der Waals surface area contributed by atoms with Crippen molar-refractivity contribution in [1.82, 2.24) is 4.90 Å². The number of unbranched alkanes of at least 4 members (excludes halogenated alkanes) is 2. The number of piperazine rings is 1. The van der Waals surface area contributed by atoms with Crippen LogP contribution in [0.3, 0.4) is 0 Å². The average Bonchev–Trinajstić information content (AvgIpc) is 2.74. The lowest BCUT2D eigenvalue weighted by atomic mass is 10.1. The number of amides is 2. The largest absolute Gasteiger partial charge is 0.495 e. The quantitative estimate of drug-likeness (QED) is 0.613. The van der Waals surface area contributed by atoms with E-state index in [9.17, 15) is 4.79 Å². The molecule has 0 bridgehead atoms. The fraction of sp³-hybridized carbons (Fsp3) is 0.458. The lowest BCUT2D eigenvalue weighted by Crippen LogP contribution is -2.46. The van der Waals surface area contributed by atoms with E-state index in [1.54, 1.807) is 7.11 Å². The van der Waals surface area contributed by atoms with Crippen molar-refractivity contribution in [2.75, 3.05) is 50.1 Å². The van der Waals surface area contributed by atoms with Gasteiger partial charge >= 0.3 is 6.03 Å². The van der Waals surface area contributed by atoms with E-state index in [1.165, 1.54) is 36.2 Å². The number of benzene rings is 2. The lowest BCUT2D eigenvalue weighted by Gasteiger charge is -2.36. The fourth-order valence-corrected chi connectivity index (χ4v) is 4.11. The summed E-state index contributed by atoms with van der Waals surface area (Å²) in [6.07, 6.45) is 4.53. The second-order valence-electron chi connectivity index (χ2n) is 7.95. The van der Waals surface area contributed by atoms with Crippen molar-refractivity contribution in [3.8, 4) is 5.75 Å². The molecule has 2 aromatic rings. The third-order valence-corrected chi connectivity index (χ3v) is 5.79. The summed E-state index contributed by atoms with van der Waals surface area (Å²) in [6.45, 7) is 7.83. The summed E-state index contributed by atoms with van der Waals surface area (Å²) in [5.41, 5.74) is 9.80. The van der Waals surface area contributed by atoms with Crippen molar-refractivity contribution in [2.24, 2.45) is 5.73 Å². The Morgan fingerprint density at radius 3 is 2.53 bits per heavy atom. The molecule has 0 spiro atoms. The van der Waals surface area contributed by atoms with Gasteiger partial charge in [-0.2, -0.15) is 0 Å². The molecule has 2 aromatic carbocycles. The van der Waals surface area contributed by atoms with Crippen LogP contribution in [0.2, 0.25) is 0 Å². The van der Waals surface area contributed by atoms with E-state index in [0.29, 0.717) is 11.4 Å². The number of ether oxygens (including phenoxy) is 1. The molecule has 1 aliphatic heterocycles. The Balaban J connectivity index is 1.36. The highest BCUT2D eigenvalue weighted by atomic mass is 16.5. The summed E-state index contributed by atoms with van der Waals surface area (Å²) in [7, 11) is 1.59. The highest BCUT2D eigenvalue weighted by molar-refractivity contribution is 5.89. The third kappa shape index (κ3) is 6.13. The molecule has 3 N–H and O–H groups in total. The zero-order valence-electron chi connectivity index (χ0n) is 18.2. The average molecular weight is 411 g/mol. The van der Waals surface area contributed by atoms with Gasteiger partial charge in [0, 0.05) is 31.9 Å². The molecule has 30 heavy (non-hydrogen) atoms. The minimum Gasteiger partial charge on any atom is -0.495 e. The van der Waals surface area contributed by atoms with Crippen LogP contribution < -0.4 is 20.7 Å². The maximum Gasteiger partial charge on any atom is 0.316 e. The SMILES string of the molecule is COc1ccc(CCCCCN2CCN(c3ccccc3C)CC2)cc1NC(N)=O. The van der Waals surface area contributed by atoms with Crippen LogP contribution in [0.4, 0.5) is 16.2 Å². The number of primary amides is 1. The van der Waals surface area contributed by atoms with Crippen LogP contribution >= 0.6 is 0 Å². The smallest absolute Gasteiger partial charge is 0.316 e. The van der Waals surface area contributed by atoms with Gasteiger partial charge in [-0.15, -0.1) is 0 Å². The van der Waals surface area contributed by atoms with E-state index in [0.717, 1.165) is 39.0 Å².